The van der Waals surface area contributed by atoms with Crippen LogP contribution in [0.15, 0.2) is 18.2 Å². The summed E-state index contributed by atoms with van der Waals surface area (Å²) in [4.78, 5) is 0. The summed E-state index contributed by atoms with van der Waals surface area (Å²) in [7, 11) is 0. The third-order valence-electron chi connectivity index (χ3n) is 3.51. The van der Waals surface area contributed by atoms with Gasteiger partial charge in [-0.25, -0.2) is 4.39 Å². The van der Waals surface area contributed by atoms with Gasteiger partial charge in [0.1, 0.15) is 5.82 Å². The quantitative estimate of drug-likeness (QED) is 0.593. The maximum atomic E-state index is 13.7. The lowest BCUT2D eigenvalue weighted by Gasteiger charge is -2.18. The van der Waals surface area contributed by atoms with Crippen LogP contribution in [0.4, 0.5) is 23.2 Å². The fourth-order valence-electron chi connectivity index (χ4n) is 2.45. The molecule has 2 rings (SSSR count). The Morgan fingerprint density at radius 2 is 1.63 bits per heavy atom. The van der Waals surface area contributed by atoms with E-state index in [1.807, 2.05) is 0 Å². The number of alkyl halides is 3. The molecule has 19 heavy (non-hydrogen) atoms. The van der Waals surface area contributed by atoms with E-state index in [9.17, 15) is 17.6 Å². The molecule has 0 aromatic heterocycles. The largest absolute Gasteiger partial charge is 0.416 e. The summed E-state index contributed by atoms with van der Waals surface area (Å²) in [6.45, 7) is 0. The summed E-state index contributed by atoms with van der Waals surface area (Å²) >= 11 is 0. The average Bonchev–Trinajstić information content (AvgIpc) is 2.59. The first-order chi connectivity index (χ1) is 8.97. The van der Waals surface area contributed by atoms with Crippen molar-refractivity contribution in [3.05, 3.63) is 29.6 Å². The fourth-order valence-corrected chi connectivity index (χ4v) is 2.45. The van der Waals surface area contributed by atoms with E-state index < -0.39 is 17.6 Å². The first kappa shape index (κ1) is 14.2. The van der Waals surface area contributed by atoms with Crippen LogP contribution in [0.3, 0.4) is 0 Å². The van der Waals surface area contributed by atoms with Crippen molar-refractivity contribution in [3.8, 4) is 0 Å². The van der Waals surface area contributed by atoms with Crippen LogP contribution in [-0.4, -0.2) is 6.04 Å². The summed E-state index contributed by atoms with van der Waals surface area (Å²) in [6, 6.07) is 2.82. The number of rotatable bonds is 2. The van der Waals surface area contributed by atoms with Crippen molar-refractivity contribution in [2.45, 2.75) is 50.7 Å². The molecule has 0 radical (unpaired) electrons. The first-order valence-electron chi connectivity index (χ1n) is 6.60. The van der Waals surface area contributed by atoms with Crippen LogP contribution in [0.25, 0.3) is 0 Å². The summed E-state index contributed by atoms with van der Waals surface area (Å²) in [5.74, 6) is -0.834. The highest BCUT2D eigenvalue weighted by molar-refractivity contribution is 5.47. The number of anilines is 1. The summed E-state index contributed by atoms with van der Waals surface area (Å²) < 4.78 is 50.9. The van der Waals surface area contributed by atoms with E-state index in [2.05, 4.69) is 5.32 Å². The molecule has 106 valence electrons. The molecule has 1 nitrogen and oxygen atoms in total. The van der Waals surface area contributed by atoms with Gasteiger partial charge in [-0.15, -0.1) is 0 Å². The topological polar surface area (TPSA) is 12.0 Å². The van der Waals surface area contributed by atoms with Crippen LogP contribution in [-0.2, 0) is 6.18 Å². The standard InChI is InChI=1S/C14H17F4N/c15-12-9-10(14(16,17)18)7-8-13(12)19-11-5-3-1-2-4-6-11/h7-9,11,19H,1-6H2. The Morgan fingerprint density at radius 3 is 2.16 bits per heavy atom. The van der Waals surface area contributed by atoms with E-state index in [1.54, 1.807) is 0 Å². The van der Waals surface area contributed by atoms with E-state index in [4.69, 9.17) is 0 Å². The molecule has 0 saturated heterocycles. The Kier molecular flexibility index (Phi) is 4.32. The van der Waals surface area contributed by atoms with Gasteiger partial charge in [0.2, 0.25) is 0 Å². The van der Waals surface area contributed by atoms with Gasteiger partial charge in [0.25, 0.3) is 0 Å². The highest BCUT2D eigenvalue weighted by Gasteiger charge is 2.31. The van der Waals surface area contributed by atoms with Crippen LogP contribution in [0.5, 0.6) is 0 Å². The SMILES string of the molecule is Fc1cc(C(F)(F)F)ccc1NC1CCCCCC1. The monoisotopic (exact) mass is 275 g/mol. The molecule has 1 aromatic rings. The van der Waals surface area contributed by atoms with Crippen LogP contribution in [0, 0.1) is 5.82 Å². The van der Waals surface area contributed by atoms with Gasteiger partial charge in [-0.05, 0) is 31.0 Å². The van der Waals surface area contributed by atoms with E-state index in [-0.39, 0.29) is 11.7 Å². The average molecular weight is 275 g/mol. The zero-order valence-electron chi connectivity index (χ0n) is 10.6. The smallest absolute Gasteiger partial charge is 0.380 e. The Labute approximate surface area is 110 Å². The molecule has 0 spiro atoms. The van der Waals surface area contributed by atoms with Gasteiger partial charge in [-0.3, -0.25) is 0 Å². The molecule has 1 saturated carbocycles. The van der Waals surface area contributed by atoms with Crippen molar-refractivity contribution in [2.75, 3.05) is 5.32 Å². The molecule has 0 atom stereocenters. The van der Waals surface area contributed by atoms with Gasteiger partial charge in [-0.2, -0.15) is 13.2 Å². The van der Waals surface area contributed by atoms with Crippen molar-refractivity contribution in [1.82, 2.24) is 0 Å². The zero-order chi connectivity index (χ0) is 13.9. The molecule has 0 unspecified atom stereocenters. The van der Waals surface area contributed by atoms with Gasteiger partial charge in [0, 0.05) is 6.04 Å². The van der Waals surface area contributed by atoms with Crippen molar-refractivity contribution in [3.63, 3.8) is 0 Å². The summed E-state index contributed by atoms with van der Waals surface area (Å²) in [6.07, 6.45) is 1.91. The van der Waals surface area contributed by atoms with Crippen molar-refractivity contribution in [2.24, 2.45) is 0 Å². The van der Waals surface area contributed by atoms with Crippen LogP contribution in [0.1, 0.15) is 44.1 Å². The molecule has 5 heteroatoms. The molecular formula is C14H17F4N. The molecule has 1 fully saturated rings. The Hall–Kier alpha value is -1.26. The minimum atomic E-state index is -4.50. The van der Waals surface area contributed by atoms with Crippen LogP contribution >= 0.6 is 0 Å². The van der Waals surface area contributed by atoms with Crippen molar-refractivity contribution < 1.29 is 17.6 Å². The summed E-state index contributed by atoms with van der Waals surface area (Å²) in [5.41, 5.74) is -0.781. The summed E-state index contributed by atoms with van der Waals surface area (Å²) in [5, 5.41) is 3.03. The van der Waals surface area contributed by atoms with Gasteiger partial charge in [-0.1, -0.05) is 25.7 Å². The normalized spacial score (nSPS) is 18.1. The molecule has 1 aromatic carbocycles. The van der Waals surface area contributed by atoms with E-state index in [0.717, 1.165) is 31.7 Å². The molecule has 1 aliphatic carbocycles. The minimum Gasteiger partial charge on any atom is -0.380 e. The lowest BCUT2D eigenvalue weighted by Crippen LogP contribution is -2.19. The molecule has 0 bridgehead atoms. The van der Waals surface area contributed by atoms with E-state index >= 15 is 0 Å². The minimum absolute atomic E-state index is 0.161. The van der Waals surface area contributed by atoms with Crippen molar-refractivity contribution in [1.29, 1.82) is 0 Å². The molecule has 0 aliphatic heterocycles. The van der Waals surface area contributed by atoms with Crippen LogP contribution in [0.2, 0.25) is 0 Å². The predicted octanol–water partition coefficient (Wildman–Crippen LogP) is 4.98. The molecular weight excluding hydrogens is 258 g/mol. The van der Waals surface area contributed by atoms with Gasteiger partial charge < -0.3 is 5.32 Å². The second-order valence-electron chi connectivity index (χ2n) is 5.03. The Balaban J connectivity index is 2.08. The van der Waals surface area contributed by atoms with E-state index in [1.165, 1.54) is 18.9 Å². The number of halogens is 4. The lowest BCUT2D eigenvalue weighted by atomic mass is 10.1. The number of nitrogens with one attached hydrogen (secondary N) is 1. The number of hydrogen-bond acceptors (Lipinski definition) is 1. The van der Waals surface area contributed by atoms with Crippen LogP contribution < -0.4 is 5.32 Å². The highest BCUT2D eigenvalue weighted by Crippen LogP contribution is 2.32. The van der Waals surface area contributed by atoms with Gasteiger partial charge in [0.05, 0.1) is 11.3 Å². The molecule has 0 heterocycles. The predicted molar refractivity (Wildman–Crippen MR) is 66.5 cm³/mol. The molecule has 1 aliphatic rings. The number of benzene rings is 1. The maximum Gasteiger partial charge on any atom is 0.416 e. The number of hydrogen-bond donors (Lipinski definition) is 1. The van der Waals surface area contributed by atoms with Gasteiger partial charge in [0.15, 0.2) is 0 Å². The highest BCUT2D eigenvalue weighted by atomic mass is 19.4. The zero-order valence-corrected chi connectivity index (χ0v) is 10.6. The van der Waals surface area contributed by atoms with E-state index in [0.29, 0.717) is 6.07 Å². The second kappa shape index (κ2) is 5.80. The molecule has 1 N–H and O–H groups in total. The maximum absolute atomic E-state index is 13.7. The van der Waals surface area contributed by atoms with Crippen molar-refractivity contribution >= 4 is 5.69 Å². The molecule has 0 amide bonds. The van der Waals surface area contributed by atoms with Gasteiger partial charge >= 0.3 is 6.18 Å². The fraction of sp³-hybridized carbons (Fsp3) is 0.571. The third-order valence-corrected chi connectivity index (χ3v) is 3.51. The lowest BCUT2D eigenvalue weighted by molar-refractivity contribution is -0.137. The third kappa shape index (κ3) is 3.85. The second-order valence-corrected chi connectivity index (χ2v) is 5.03. The Morgan fingerprint density at radius 1 is 1.00 bits per heavy atom. The first-order valence-corrected chi connectivity index (χ1v) is 6.60. The Bertz CT molecular complexity index is 420.